The van der Waals surface area contributed by atoms with Gasteiger partial charge in [0.05, 0.1) is 24.1 Å². The fourth-order valence-electron chi connectivity index (χ4n) is 2.93. The predicted molar refractivity (Wildman–Crippen MR) is 110 cm³/mol. The highest BCUT2D eigenvalue weighted by Gasteiger charge is 2.28. The fourth-order valence-corrected chi connectivity index (χ4v) is 2.93. The molecule has 0 saturated carbocycles. The number of methoxy groups -OCH3 is 2. The second kappa shape index (κ2) is 9.92. The van der Waals surface area contributed by atoms with E-state index in [-0.39, 0.29) is 35.6 Å². The van der Waals surface area contributed by atoms with Gasteiger partial charge in [0.1, 0.15) is 22.5 Å². The maximum Gasteiger partial charge on any atom is 0.339 e. The first-order valence-electron chi connectivity index (χ1n) is 8.79. The summed E-state index contributed by atoms with van der Waals surface area (Å²) in [6, 6.07) is 4.70. The van der Waals surface area contributed by atoms with Crippen molar-refractivity contribution >= 4 is 34.7 Å². The van der Waals surface area contributed by atoms with E-state index >= 15 is 0 Å². The molecular formula is C18H18N4O10. The van der Waals surface area contributed by atoms with Gasteiger partial charge in [0.2, 0.25) is 11.5 Å². The van der Waals surface area contributed by atoms with E-state index in [0.29, 0.717) is 0 Å². The van der Waals surface area contributed by atoms with Crippen molar-refractivity contribution in [3.8, 4) is 11.5 Å². The average Bonchev–Trinajstić information content (AvgIpc) is 2.74. The Hall–Kier alpha value is -4.62. The molecular weight excluding hydrogens is 432 g/mol. The molecule has 0 spiro atoms. The standard InChI is InChI=1S/C18H18N4O10/c1-31-15-9(17(23)24)3-5-11(13(15)21(27)28)19-7-8-20-12-6-4-10(18(25)26)16(32-2)14(12)22(29)30/h3-6,19-20H,7-8H2,1-2H3,(H,23,24)(H,25,26). The first-order valence-corrected chi connectivity index (χ1v) is 8.79. The van der Waals surface area contributed by atoms with Crippen molar-refractivity contribution in [2.45, 2.75) is 0 Å². The molecule has 0 unspecified atom stereocenters. The van der Waals surface area contributed by atoms with Gasteiger partial charge in [-0.3, -0.25) is 20.2 Å². The summed E-state index contributed by atoms with van der Waals surface area (Å²) < 4.78 is 9.80. The number of benzene rings is 2. The number of aromatic carboxylic acids is 2. The number of nitrogens with one attached hydrogen (secondary N) is 2. The van der Waals surface area contributed by atoms with Gasteiger partial charge in [0, 0.05) is 13.1 Å². The molecule has 14 heteroatoms. The molecule has 2 aromatic rings. The van der Waals surface area contributed by atoms with Crippen molar-refractivity contribution in [1.29, 1.82) is 0 Å². The smallest absolute Gasteiger partial charge is 0.339 e. The van der Waals surface area contributed by atoms with Crippen LogP contribution in [0.4, 0.5) is 22.7 Å². The Kier molecular flexibility index (Phi) is 7.34. The molecule has 0 amide bonds. The van der Waals surface area contributed by atoms with E-state index in [1.165, 1.54) is 12.1 Å². The van der Waals surface area contributed by atoms with Gasteiger partial charge >= 0.3 is 23.3 Å². The summed E-state index contributed by atoms with van der Waals surface area (Å²) in [4.78, 5) is 43.8. The summed E-state index contributed by atoms with van der Waals surface area (Å²) >= 11 is 0. The lowest BCUT2D eigenvalue weighted by Gasteiger charge is -2.13. The summed E-state index contributed by atoms with van der Waals surface area (Å²) in [7, 11) is 2.21. The number of hydrogen-bond acceptors (Lipinski definition) is 10. The molecule has 0 aliphatic heterocycles. The molecule has 0 radical (unpaired) electrons. The zero-order valence-electron chi connectivity index (χ0n) is 16.8. The minimum absolute atomic E-state index is 0.0213. The Morgan fingerprint density at radius 2 is 1.16 bits per heavy atom. The number of carboxylic acids is 2. The van der Waals surface area contributed by atoms with Crippen LogP contribution in [0, 0.1) is 20.2 Å². The van der Waals surface area contributed by atoms with E-state index in [1.54, 1.807) is 0 Å². The van der Waals surface area contributed by atoms with Crippen molar-refractivity contribution in [2.75, 3.05) is 37.9 Å². The van der Waals surface area contributed by atoms with Crippen LogP contribution in [-0.4, -0.2) is 59.3 Å². The maximum absolute atomic E-state index is 11.4. The van der Waals surface area contributed by atoms with Crippen molar-refractivity contribution in [2.24, 2.45) is 0 Å². The largest absolute Gasteiger partial charge is 0.489 e. The lowest BCUT2D eigenvalue weighted by molar-refractivity contribution is -0.385. The molecule has 2 aromatic carbocycles. The Balaban J connectivity index is 2.24. The third kappa shape index (κ3) is 4.75. The fraction of sp³-hybridized carbons (Fsp3) is 0.222. The second-order valence-corrected chi connectivity index (χ2v) is 6.06. The molecule has 0 aromatic heterocycles. The van der Waals surface area contributed by atoms with Crippen LogP contribution < -0.4 is 20.1 Å². The number of nitro benzene ring substituents is 2. The molecule has 32 heavy (non-hydrogen) atoms. The highest BCUT2D eigenvalue weighted by molar-refractivity contribution is 5.95. The number of carboxylic acid groups (broad SMARTS) is 2. The monoisotopic (exact) mass is 450 g/mol. The molecule has 0 heterocycles. The number of ether oxygens (including phenoxy) is 2. The Bertz CT molecular complexity index is 1000. The van der Waals surface area contributed by atoms with E-state index in [2.05, 4.69) is 10.6 Å². The van der Waals surface area contributed by atoms with Crippen LogP contribution in [0.25, 0.3) is 0 Å². The van der Waals surface area contributed by atoms with Crippen LogP contribution in [0.15, 0.2) is 24.3 Å². The average molecular weight is 450 g/mol. The van der Waals surface area contributed by atoms with E-state index in [4.69, 9.17) is 19.7 Å². The predicted octanol–water partition coefficient (Wildman–Crippen LogP) is 2.44. The van der Waals surface area contributed by atoms with Gasteiger partial charge in [0.15, 0.2) is 0 Å². The molecule has 14 nitrogen and oxygen atoms in total. The lowest BCUT2D eigenvalue weighted by Crippen LogP contribution is -2.16. The summed E-state index contributed by atoms with van der Waals surface area (Å²) in [6.45, 7) is 0.0487. The number of hydrogen-bond donors (Lipinski definition) is 4. The SMILES string of the molecule is COc1c(C(=O)O)ccc(NCCNc2ccc(C(=O)O)c(OC)c2[N+](=O)[O-])c1[N+](=O)[O-]. The highest BCUT2D eigenvalue weighted by Crippen LogP contribution is 2.39. The van der Waals surface area contributed by atoms with E-state index in [0.717, 1.165) is 26.4 Å². The molecule has 170 valence electrons. The summed E-state index contributed by atoms with van der Waals surface area (Å²) in [5.74, 6) is -3.65. The number of nitrogens with zero attached hydrogens (tertiary/aromatic N) is 2. The Morgan fingerprint density at radius 1 is 0.812 bits per heavy atom. The van der Waals surface area contributed by atoms with Crippen LogP contribution in [0.1, 0.15) is 20.7 Å². The normalized spacial score (nSPS) is 10.2. The van der Waals surface area contributed by atoms with Crippen LogP contribution in [-0.2, 0) is 0 Å². The zero-order valence-corrected chi connectivity index (χ0v) is 16.8. The van der Waals surface area contributed by atoms with Gasteiger partial charge in [-0.25, -0.2) is 9.59 Å². The molecule has 4 N–H and O–H groups in total. The molecule has 0 aliphatic carbocycles. The number of anilines is 2. The topological polar surface area (TPSA) is 203 Å². The van der Waals surface area contributed by atoms with Gasteiger partial charge in [-0.05, 0) is 24.3 Å². The first-order chi connectivity index (χ1) is 15.1. The third-order valence-corrected chi connectivity index (χ3v) is 4.25. The van der Waals surface area contributed by atoms with E-state index in [1.807, 2.05) is 0 Å². The number of nitro groups is 2. The van der Waals surface area contributed by atoms with Crippen LogP contribution in [0.2, 0.25) is 0 Å². The molecule has 2 rings (SSSR count). The molecule has 0 bridgehead atoms. The van der Waals surface area contributed by atoms with Crippen molar-refractivity contribution in [1.82, 2.24) is 0 Å². The quantitative estimate of drug-likeness (QED) is 0.221. The van der Waals surface area contributed by atoms with Crippen molar-refractivity contribution in [3.05, 3.63) is 55.6 Å². The molecule has 0 aliphatic rings. The van der Waals surface area contributed by atoms with Gasteiger partial charge in [-0.2, -0.15) is 0 Å². The summed E-state index contributed by atoms with van der Waals surface area (Å²) in [5.41, 5.74) is -1.97. The van der Waals surface area contributed by atoms with Crippen LogP contribution in [0.5, 0.6) is 11.5 Å². The Labute approximate surface area is 179 Å². The summed E-state index contributed by atoms with van der Waals surface area (Å²) in [5, 5.41) is 46.7. The molecule has 0 saturated heterocycles. The highest BCUT2D eigenvalue weighted by atomic mass is 16.6. The van der Waals surface area contributed by atoms with Crippen LogP contribution in [0.3, 0.4) is 0 Å². The molecule has 0 fully saturated rings. The van der Waals surface area contributed by atoms with Crippen molar-refractivity contribution < 1.29 is 39.1 Å². The van der Waals surface area contributed by atoms with Crippen LogP contribution >= 0.6 is 0 Å². The summed E-state index contributed by atoms with van der Waals surface area (Å²) in [6.07, 6.45) is 0. The van der Waals surface area contributed by atoms with E-state index < -0.39 is 44.7 Å². The number of rotatable bonds is 11. The van der Waals surface area contributed by atoms with E-state index in [9.17, 15) is 29.8 Å². The minimum atomic E-state index is -1.40. The third-order valence-electron chi connectivity index (χ3n) is 4.25. The Morgan fingerprint density at radius 3 is 1.41 bits per heavy atom. The zero-order chi connectivity index (χ0) is 24.0. The second-order valence-electron chi connectivity index (χ2n) is 6.06. The van der Waals surface area contributed by atoms with Gasteiger partial charge in [-0.1, -0.05) is 0 Å². The lowest BCUT2D eigenvalue weighted by atomic mass is 10.1. The number of carbonyl (C=O) groups is 2. The van der Waals surface area contributed by atoms with Gasteiger partial charge in [-0.15, -0.1) is 0 Å². The van der Waals surface area contributed by atoms with Gasteiger partial charge < -0.3 is 30.3 Å². The molecule has 0 atom stereocenters. The van der Waals surface area contributed by atoms with Gasteiger partial charge in [0.25, 0.3) is 0 Å². The first kappa shape index (κ1) is 23.7. The maximum atomic E-state index is 11.4. The minimum Gasteiger partial charge on any atom is -0.489 e. The van der Waals surface area contributed by atoms with Crippen molar-refractivity contribution in [3.63, 3.8) is 0 Å².